The van der Waals surface area contributed by atoms with E-state index in [1.807, 2.05) is 6.92 Å². The average molecular weight is 424 g/mol. The minimum Gasteiger partial charge on any atom is -0.340 e. The summed E-state index contributed by atoms with van der Waals surface area (Å²) in [5, 5.41) is 0. The fourth-order valence-electron chi connectivity index (χ4n) is 4.78. The molecule has 5 rings (SSSR count). The molecule has 3 aromatic rings. The third-order valence-electron chi connectivity index (χ3n) is 6.36. The molecule has 1 unspecified atom stereocenters. The summed E-state index contributed by atoms with van der Waals surface area (Å²) in [7, 11) is 1.76. The number of carbonyl (C=O) groups is 1. The molecular weight excluding hydrogens is 402 g/mol. The number of aromatic nitrogens is 4. The van der Waals surface area contributed by atoms with E-state index in [1.54, 1.807) is 28.9 Å². The lowest BCUT2D eigenvalue weighted by Crippen LogP contribution is -2.64. The van der Waals surface area contributed by atoms with Crippen molar-refractivity contribution >= 4 is 17.4 Å². The predicted octanol–water partition coefficient (Wildman–Crippen LogP) is 3.72. The Balaban J connectivity index is 1.64. The predicted molar refractivity (Wildman–Crippen MR) is 112 cm³/mol. The lowest BCUT2D eigenvalue weighted by atomic mass is 9.81. The summed E-state index contributed by atoms with van der Waals surface area (Å²) >= 11 is 0. The van der Waals surface area contributed by atoms with Gasteiger partial charge in [0.1, 0.15) is 28.7 Å². The third kappa shape index (κ3) is 2.90. The maximum atomic E-state index is 13.8. The third-order valence-corrected chi connectivity index (χ3v) is 6.36. The number of carbonyl (C=O) groups excluding carboxylic acids is 1. The van der Waals surface area contributed by atoms with Gasteiger partial charge in [0.2, 0.25) is 5.95 Å². The van der Waals surface area contributed by atoms with Gasteiger partial charge in [-0.3, -0.25) is 9.36 Å². The summed E-state index contributed by atoms with van der Waals surface area (Å²) in [4.78, 5) is 30.5. The van der Waals surface area contributed by atoms with Crippen LogP contribution >= 0.6 is 0 Å². The molecule has 2 aromatic heterocycles. The molecule has 0 spiro atoms. The van der Waals surface area contributed by atoms with E-state index in [1.165, 1.54) is 18.3 Å². The number of imidazole rings is 1. The Labute approximate surface area is 178 Å². The molecule has 0 saturated carbocycles. The highest BCUT2D eigenvalue weighted by Gasteiger charge is 2.51. The van der Waals surface area contributed by atoms with E-state index in [0.717, 1.165) is 31.9 Å². The number of anilines is 2. The summed E-state index contributed by atoms with van der Waals surface area (Å²) in [5.74, 6) is 0.0539. The van der Waals surface area contributed by atoms with Crippen molar-refractivity contribution in [2.24, 2.45) is 0 Å². The summed E-state index contributed by atoms with van der Waals surface area (Å²) in [5.41, 5.74) is 0.338. The summed E-state index contributed by atoms with van der Waals surface area (Å²) in [6.07, 6.45) is 8.26. The Morgan fingerprint density at radius 1 is 1.13 bits per heavy atom. The summed E-state index contributed by atoms with van der Waals surface area (Å²) < 4.78 is 29.1. The zero-order chi connectivity index (χ0) is 21.8. The second-order valence-corrected chi connectivity index (χ2v) is 8.02. The first-order valence-electron chi connectivity index (χ1n) is 10.4. The van der Waals surface area contributed by atoms with E-state index in [4.69, 9.17) is 4.98 Å². The van der Waals surface area contributed by atoms with Crippen molar-refractivity contribution in [3.8, 4) is 17.3 Å². The Hall–Kier alpha value is -3.36. The van der Waals surface area contributed by atoms with Crippen molar-refractivity contribution in [2.45, 2.75) is 38.1 Å². The Morgan fingerprint density at radius 3 is 2.65 bits per heavy atom. The van der Waals surface area contributed by atoms with Gasteiger partial charge in [0, 0.05) is 37.6 Å². The van der Waals surface area contributed by atoms with Crippen molar-refractivity contribution in [2.75, 3.05) is 23.4 Å². The van der Waals surface area contributed by atoms with E-state index in [0.29, 0.717) is 29.7 Å². The largest absolute Gasteiger partial charge is 0.340 e. The van der Waals surface area contributed by atoms with Crippen LogP contribution in [0.4, 0.5) is 20.3 Å². The highest BCUT2D eigenvalue weighted by Crippen LogP contribution is 2.44. The monoisotopic (exact) mass is 424 g/mol. The number of nitrogens with zero attached hydrogens (tertiary/aromatic N) is 6. The van der Waals surface area contributed by atoms with Crippen LogP contribution in [0.5, 0.6) is 0 Å². The van der Waals surface area contributed by atoms with Gasteiger partial charge in [-0.15, -0.1) is 0 Å². The van der Waals surface area contributed by atoms with E-state index in [9.17, 15) is 13.6 Å². The van der Waals surface area contributed by atoms with Crippen molar-refractivity contribution < 1.29 is 13.6 Å². The van der Waals surface area contributed by atoms with Gasteiger partial charge >= 0.3 is 0 Å². The standard InChI is InChI=1S/C22H22F2N6O/c1-3-22-6-4-5-8-30(22)19-17(28(2)20(22)31)13-26-21(27-19)29-9-7-25-18(29)14-10-15(23)12-16(24)11-14/h7,9-13H,3-6,8H2,1-2H3. The zero-order valence-electron chi connectivity index (χ0n) is 17.3. The van der Waals surface area contributed by atoms with Crippen LogP contribution in [-0.4, -0.2) is 44.6 Å². The molecule has 31 heavy (non-hydrogen) atoms. The second-order valence-electron chi connectivity index (χ2n) is 8.02. The van der Waals surface area contributed by atoms with Gasteiger partial charge in [-0.25, -0.2) is 18.7 Å². The van der Waals surface area contributed by atoms with Crippen LogP contribution in [0.15, 0.2) is 36.8 Å². The highest BCUT2D eigenvalue weighted by atomic mass is 19.1. The van der Waals surface area contributed by atoms with Crippen LogP contribution < -0.4 is 9.80 Å². The molecule has 0 bridgehead atoms. The maximum Gasteiger partial charge on any atom is 0.252 e. The number of hydrogen-bond acceptors (Lipinski definition) is 5. The van der Waals surface area contributed by atoms with E-state index in [-0.39, 0.29) is 11.5 Å². The average Bonchev–Trinajstić information content (AvgIpc) is 3.26. The van der Waals surface area contributed by atoms with Gasteiger partial charge in [0.25, 0.3) is 5.91 Å². The molecule has 1 saturated heterocycles. The van der Waals surface area contributed by atoms with Gasteiger partial charge in [-0.1, -0.05) is 6.92 Å². The normalized spacial score (nSPS) is 20.6. The Morgan fingerprint density at radius 2 is 1.90 bits per heavy atom. The number of rotatable bonds is 3. The maximum absolute atomic E-state index is 13.8. The quantitative estimate of drug-likeness (QED) is 0.641. The van der Waals surface area contributed by atoms with E-state index < -0.39 is 17.2 Å². The van der Waals surface area contributed by atoms with Crippen LogP contribution in [0.3, 0.4) is 0 Å². The van der Waals surface area contributed by atoms with Crippen molar-refractivity contribution in [1.29, 1.82) is 0 Å². The fourth-order valence-corrected chi connectivity index (χ4v) is 4.78. The molecule has 9 heteroatoms. The number of piperidine rings is 1. The Bertz CT molecular complexity index is 1160. The molecule has 7 nitrogen and oxygen atoms in total. The molecule has 4 heterocycles. The minimum atomic E-state index is -0.683. The molecule has 2 aliphatic rings. The molecule has 0 radical (unpaired) electrons. The summed E-state index contributed by atoms with van der Waals surface area (Å²) in [6, 6.07) is 3.26. The van der Waals surface area contributed by atoms with Crippen molar-refractivity contribution in [1.82, 2.24) is 19.5 Å². The molecule has 0 aliphatic carbocycles. The van der Waals surface area contributed by atoms with Crippen LogP contribution in [0.25, 0.3) is 17.3 Å². The van der Waals surface area contributed by atoms with Crippen molar-refractivity contribution in [3.05, 3.63) is 48.4 Å². The fraction of sp³-hybridized carbons (Fsp3) is 0.364. The van der Waals surface area contributed by atoms with Crippen LogP contribution in [0.2, 0.25) is 0 Å². The highest BCUT2D eigenvalue weighted by molar-refractivity contribution is 6.07. The number of amides is 1. The number of benzene rings is 1. The zero-order valence-corrected chi connectivity index (χ0v) is 17.3. The first-order valence-corrected chi connectivity index (χ1v) is 10.4. The summed E-state index contributed by atoms with van der Waals surface area (Å²) in [6.45, 7) is 2.77. The number of hydrogen-bond donors (Lipinski definition) is 0. The van der Waals surface area contributed by atoms with E-state index >= 15 is 0 Å². The van der Waals surface area contributed by atoms with Gasteiger partial charge in [0.15, 0.2) is 5.82 Å². The van der Waals surface area contributed by atoms with E-state index in [2.05, 4.69) is 14.9 Å². The lowest BCUT2D eigenvalue weighted by Gasteiger charge is -2.51. The topological polar surface area (TPSA) is 67.2 Å². The molecule has 0 N–H and O–H groups in total. The smallest absolute Gasteiger partial charge is 0.252 e. The van der Waals surface area contributed by atoms with Crippen LogP contribution in [0, 0.1) is 11.6 Å². The van der Waals surface area contributed by atoms with Gasteiger partial charge < -0.3 is 9.80 Å². The Kier molecular flexibility index (Phi) is 4.49. The number of likely N-dealkylation sites (N-methyl/N-ethyl adjacent to an activating group) is 1. The molecule has 160 valence electrons. The van der Waals surface area contributed by atoms with Gasteiger partial charge in [-0.2, -0.15) is 4.98 Å². The SMILES string of the molecule is CCC12CCCCN1c1nc(-n3ccnc3-c3cc(F)cc(F)c3)ncc1N(C)C2=O. The van der Waals surface area contributed by atoms with Gasteiger partial charge in [0.05, 0.1) is 6.20 Å². The first-order chi connectivity index (χ1) is 14.9. The molecular formula is C22H22F2N6O. The second kappa shape index (κ2) is 7.11. The van der Waals surface area contributed by atoms with Gasteiger partial charge in [-0.05, 0) is 37.8 Å². The molecule has 2 aliphatic heterocycles. The van der Waals surface area contributed by atoms with Crippen LogP contribution in [0.1, 0.15) is 32.6 Å². The van der Waals surface area contributed by atoms with Crippen molar-refractivity contribution in [3.63, 3.8) is 0 Å². The molecule has 1 atom stereocenters. The lowest BCUT2D eigenvalue weighted by molar-refractivity contribution is -0.124. The number of halogens is 2. The van der Waals surface area contributed by atoms with Crippen LogP contribution in [-0.2, 0) is 4.79 Å². The number of fused-ring (bicyclic) bond motifs is 3. The minimum absolute atomic E-state index is 0.0668. The molecule has 1 fully saturated rings. The molecule has 1 amide bonds. The molecule has 1 aromatic carbocycles. The first kappa shape index (κ1) is 19.6.